The summed E-state index contributed by atoms with van der Waals surface area (Å²) in [5.41, 5.74) is 5.56. The van der Waals surface area contributed by atoms with Crippen LogP contribution in [0.15, 0.2) is 267 Å². The third kappa shape index (κ3) is 18.1. The van der Waals surface area contributed by atoms with E-state index in [1.54, 1.807) is 34.7 Å². The van der Waals surface area contributed by atoms with Gasteiger partial charge in [0.05, 0.1) is 42.6 Å². The van der Waals surface area contributed by atoms with Crippen molar-refractivity contribution in [2.75, 3.05) is 52.4 Å². The van der Waals surface area contributed by atoms with Crippen molar-refractivity contribution in [2.24, 2.45) is 0 Å². The number of likely N-dealkylation sites (tertiary alicyclic amines) is 4. The minimum absolute atomic E-state index is 0.152. The number of aliphatic hydroxyl groups excluding tert-OH is 1. The molecule has 8 aromatic heterocycles. The van der Waals surface area contributed by atoms with Crippen molar-refractivity contribution in [3.8, 4) is 0 Å². The highest BCUT2D eigenvalue weighted by atomic mass is 79.9. The van der Waals surface area contributed by atoms with Crippen LogP contribution in [-0.2, 0) is 25.6 Å². The number of fused-ring (bicyclic) bond motifs is 4. The number of β-amino-alcohol motifs (C(OH)–C–C–N with tert-alkyl or cyclic N) is 1. The molecule has 5 unspecified atom stereocenters. The van der Waals surface area contributed by atoms with Crippen LogP contribution in [0.2, 0.25) is 0 Å². The predicted octanol–water partition coefficient (Wildman–Crippen LogP) is 12.6. The predicted molar refractivity (Wildman–Crippen MR) is 491 cm³/mol. The van der Waals surface area contributed by atoms with Crippen LogP contribution in [0, 0.1) is 18.6 Å². The van der Waals surface area contributed by atoms with Crippen LogP contribution in [0.4, 0.5) is 0 Å². The second-order valence-electron chi connectivity index (χ2n) is 31.6. The Balaban J connectivity index is 0.000000124. The smallest absolute Gasteiger partial charge is 0.276 e. The molecule has 0 saturated carbocycles. The summed E-state index contributed by atoms with van der Waals surface area (Å²) in [6.45, 7) is 8.80. The molecule has 30 nitrogen and oxygen atoms in total. The summed E-state index contributed by atoms with van der Waals surface area (Å²) in [4.78, 5) is 115. The standard InChI is InChI=1S/C25H25N5OS.C24H22BrN5O3S.C24H23N5O3S.C18H19N5O3S/c1-17(29-14-12-19(13-15-29)18-8-4-2-5-9-18)22(20-10-6-3-7-11-20)30-16-26-23-21(25(30)32)24(31)28-27-23;25-17-8-6-16(7-9-17)24(33)10-12-29(13-11-24)22(32)19(15-4-2-1-3-5-15)30-14-26-20-18(23(30)34)21(31)28-27-20;30-21-18-20(26-27-21)25-15-29(23(18)33)19(16-7-3-1-4-8-16)22(31)28-13-11-24(32,12-14-28)17-9-5-2-6-10-17;24-12-7-4-8-22(9-12)17(26)14(11-5-2-1-3-6-11)23-10-19-15-13(18(23)27)16(25)21-20-15/h2-11,16,19,22H,1,12-15H2,(H2,27,28,31);1-9,14,19,33H,10-13H2,(H2,27,28,31);1-10,15,19,32H,11-14H2,(H2,26,27,30);1-3,5-6,10,12,14,24H,4,7-9H2,(H2,20,21,25). The minimum Gasteiger partial charge on any atom is -0.391 e. The number of aliphatic hydroxyl groups is 3. The zero-order chi connectivity index (χ0) is 87.9. The molecule has 4 saturated heterocycles. The molecular formula is C91H89BrN20O10S4. The topological polar surface area (TPSA) is 391 Å². The number of aromatic nitrogens is 16. The molecule has 35 heteroatoms. The van der Waals surface area contributed by atoms with Gasteiger partial charge in [-0.2, -0.15) is 0 Å². The number of piperidine rings is 4. The number of nitrogens with one attached hydrogen (secondary N) is 8. The number of amides is 3. The summed E-state index contributed by atoms with van der Waals surface area (Å²) in [5, 5.41) is 54.4. The number of hydrogen-bond acceptors (Lipinski definition) is 19. The molecule has 7 aromatic carbocycles. The van der Waals surface area contributed by atoms with Crippen LogP contribution in [-0.4, -0.2) is 190 Å². The van der Waals surface area contributed by atoms with E-state index < -0.39 is 35.4 Å². The molecule has 0 bridgehead atoms. The van der Waals surface area contributed by atoms with Crippen molar-refractivity contribution in [1.29, 1.82) is 0 Å². The molecule has 15 aromatic rings. The summed E-state index contributed by atoms with van der Waals surface area (Å²) in [6.07, 6.45) is 10.9. The van der Waals surface area contributed by atoms with Crippen molar-refractivity contribution in [1.82, 2.24) is 98.6 Å². The summed E-state index contributed by atoms with van der Waals surface area (Å²) >= 11 is 25.9. The zero-order valence-corrected chi connectivity index (χ0v) is 72.9. The van der Waals surface area contributed by atoms with E-state index in [-0.39, 0.29) is 82.6 Å². The van der Waals surface area contributed by atoms with E-state index in [0.29, 0.717) is 103 Å². The summed E-state index contributed by atoms with van der Waals surface area (Å²) < 4.78 is 8.71. The Bertz CT molecular complexity index is 6960. The second kappa shape index (κ2) is 37.9. The van der Waals surface area contributed by atoms with Crippen molar-refractivity contribution in [3.05, 3.63) is 347 Å². The van der Waals surface area contributed by atoms with Crippen LogP contribution >= 0.6 is 64.8 Å². The second-order valence-corrected chi connectivity index (χ2v) is 34.1. The Morgan fingerprint density at radius 2 is 0.683 bits per heavy atom. The molecule has 644 valence electrons. The van der Waals surface area contributed by atoms with E-state index in [2.05, 4.69) is 131 Å². The number of hydrogen-bond donors (Lipinski definition) is 11. The Labute approximate surface area is 748 Å². The van der Waals surface area contributed by atoms with Gasteiger partial charge in [0.1, 0.15) is 64.3 Å². The van der Waals surface area contributed by atoms with E-state index in [1.807, 2.05) is 168 Å². The fraction of sp³-hybridized carbons (Fsp3) is 0.264. The van der Waals surface area contributed by atoms with Gasteiger partial charge in [0.15, 0.2) is 22.6 Å². The molecule has 11 N–H and O–H groups in total. The van der Waals surface area contributed by atoms with Gasteiger partial charge in [-0.1, -0.05) is 266 Å². The van der Waals surface area contributed by atoms with E-state index in [9.17, 15) is 48.9 Å². The van der Waals surface area contributed by atoms with E-state index in [4.69, 9.17) is 48.9 Å². The monoisotopic (exact) mass is 1830 g/mol. The van der Waals surface area contributed by atoms with Gasteiger partial charge < -0.3 is 53.2 Å². The van der Waals surface area contributed by atoms with Crippen molar-refractivity contribution >= 4 is 127 Å². The number of benzene rings is 7. The van der Waals surface area contributed by atoms with Crippen LogP contribution < -0.4 is 22.2 Å². The SMILES string of the molecule is C=C(C(c1ccccc1)n1cnc2[nH][nH]c(=O)c2c1=S)N1CCC(c2ccccc2)CC1.O=C(C(c1ccccc1)n1cnc2[nH][nH]c(=O)c2c1=S)N1CCC(O)(c2ccc(Br)cc2)CC1.O=C(C(c1ccccc1)n1cnc2[nH][nH]c(=O)c2c1=S)N1CCC(O)(c2ccccc2)CC1.O=C(C(c1ccccc1)n1cnc2[nH][nH]c(=O)c2c1=S)N1CCCC(O)C1. The molecular weight excluding hydrogens is 1740 g/mol. The molecule has 4 aliphatic heterocycles. The lowest BCUT2D eigenvalue weighted by Crippen LogP contribution is -2.47. The van der Waals surface area contributed by atoms with Gasteiger partial charge in [-0.25, -0.2) is 19.9 Å². The number of aromatic amines is 8. The number of carbonyl (C=O) groups is 3. The first-order valence-corrected chi connectivity index (χ1v) is 43.7. The maximum Gasteiger partial charge on any atom is 0.276 e. The van der Waals surface area contributed by atoms with Gasteiger partial charge >= 0.3 is 0 Å². The van der Waals surface area contributed by atoms with E-state index >= 15 is 0 Å². The largest absolute Gasteiger partial charge is 0.391 e. The molecule has 126 heavy (non-hydrogen) atoms. The third-order valence-corrected chi connectivity index (χ3v) is 26.2. The average molecular weight is 1830 g/mol. The lowest BCUT2D eigenvalue weighted by Gasteiger charge is -2.40. The first-order chi connectivity index (χ1) is 61.0. The molecule has 0 spiro atoms. The molecule has 4 fully saturated rings. The molecule has 12 heterocycles. The van der Waals surface area contributed by atoms with Crippen molar-refractivity contribution in [3.63, 3.8) is 0 Å². The number of rotatable bonds is 16. The van der Waals surface area contributed by atoms with Crippen LogP contribution in [0.25, 0.3) is 44.1 Å². The highest BCUT2D eigenvalue weighted by molar-refractivity contribution is 9.10. The zero-order valence-electron chi connectivity index (χ0n) is 68.0. The molecule has 19 rings (SSSR count). The summed E-state index contributed by atoms with van der Waals surface area (Å²) in [6, 6.07) is 63.4. The lowest BCUT2D eigenvalue weighted by molar-refractivity contribution is -0.139. The van der Waals surface area contributed by atoms with Crippen molar-refractivity contribution < 1.29 is 29.7 Å². The van der Waals surface area contributed by atoms with Crippen molar-refractivity contribution in [2.45, 2.75) is 98.8 Å². The molecule has 3 amide bonds. The molecule has 4 aliphatic rings. The number of nitrogens with zero attached hydrogens (tertiary/aromatic N) is 12. The fourth-order valence-electron chi connectivity index (χ4n) is 17.2. The number of halogens is 1. The van der Waals surface area contributed by atoms with Crippen LogP contribution in [0.1, 0.15) is 120 Å². The molecule has 0 aliphatic carbocycles. The lowest BCUT2D eigenvalue weighted by atomic mass is 9.84. The van der Waals surface area contributed by atoms with Gasteiger partial charge in [-0.05, 0) is 108 Å². The molecule has 0 radical (unpaired) electrons. The Morgan fingerprint density at radius 1 is 0.381 bits per heavy atom. The Morgan fingerprint density at radius 3 is 1.02 bits per heavy atom. The van der Waals surface area contributed by atoms with Gasteiger partial charge in [-0.15, -0.1) is 0 Å². The average Bonchev–Trinajstić information content (AvgIpc) is 1.52. The summed E-state index contributed by atoms with van der Waals surface area (Å²) in [7, 11) is 0. The highest BCUT2D eigenvalue weighted by Gasteiger charge is 2.41. The molecule has 5 atom stereocenters. The van der Waals surface area contributed by atoms with Crippen LogP contribution in [0.5, 0.6) is 0 Å². The van der Waals surface area contributed by atoms with E-state index in [0.717, 1.165) is 75.9 Å². The third-order valence-electron chi connectivity index (χ3n) is 24.0. The number of carbonyl (C=O) groups excluding carboxylic acids is 3. The normalized spacial score (nSPS) is 16.7. The summed E-state index contributed by atoms with van der Waals surface area (Å²) in [5.74, 6) is 0.0759. The van der Waals surface area contributed by atoms with Gasteiger partial charge in [0.25, 0.3) is 22.2 Å². The van der Waals surface area contributed by atoms with Gasteiger partial charge in [0, 0.05) is 62.5 Å². The maximum absolute atomic E-state index is 13.9. The first kappa shape index (κ1) is 86.6. The Hall–Kier alpha value is -12.9. The van der Waals surface area contributed by atoms with Gasteiger partial charge in [0.2, 0.25) is 17.7 Å². The van der Waals surface area contributed by atoms with Crippen LogP contribution in [0.3, 0.4) is 0 Å². The minimum atomic E-state index is -0.991. The quantitative estimate of drug-likeness (QED) is 0.0400. The first-order valence-electron chi connectivity index (χ1n) is 41.2. The van der Waals surface area contributed by atoms with E-state index in [1.165, 1.54) is 24.5 Å². The maximum atomic E-state index is 13.9. The fourth-order valence-corrected chi connectivity index (χ4v) is 18.8. The highest BCUT2D eigenvalue weighted by Crippen LogP contribution is 2.39. The number of H-pyrrole nitrogens is 8. The van der Waals surface area contributed by atoms with Gasteiger partial charge in [-0.3, -0.25) is 74.4 Å². The number of allylic oxidation sites excluding steroid dienone is 1. The Kier molecular flexibility index (Phi) is 26.1.